The maximum atomic E-state index is 9.71. The second-order valence-electron chi connectivity index (χ2n) is 4.99. The van der Waals surface area contributed by atoms with Gasteiger partial charge in [-0.3, -0.25) is 15.3 Å². The van der Waals surface area contributed by atoms with Crippen molar-refractivity contribution in [3.05, 3.63) is 29.6 Å². The van der Waals surface area contributed by atoms with Gasteiger partial charge in [0.05, 0.1) is 6.10 Å². The Morgan fingerprint density at radius 3 is 3.11 bits per heavy atom. The van der Waals surface area contributed by atoms with Crippen molar-refractivity contribution in [1.29, 1.82) is 5.41 Å². The standard InChI is InChI=1S/C13H20N4O/c1-9-7-17(6-4-11(9)18)8-10-3-2-5-16-12(10)13(14)15/h2-3,5,9,11,18H,4,6-8H2,1H3,(H3,14,15). The average Bonchev–Trinajstić information content (AvgIpc) is 2.34. The number of nitrogen functional groups attached to an aromatic ring is 1. The molecule has 1 aromatic heterocycles. The van der Waals surface area contributed by atoms with Gasteiger partial charge in [-0.05, 0) is 24.0 Å². The number of nitrogens with two attached hydrogens (primary N) is 1. The molecule has 2 unspecified atom stereocenters. The maximum Gasteiger partial charge on any atom is 0.142 e. The van der Waals surface area contributed by atoms with Crippen molar-refractivity contribution in [3.8, 4) is 0 Å². The Morgan fingerprint density at radius 2 is 2.44 bits per heavy atom. The molecule has 0 aromatic carbocycles. The van der Waals surface area contributed by atoms with Crippen LogP contribution in [0.15, 0.2) is 18.3 Å². The van der Waals surface area contributed by atoms with Gasteiger partial charge in [-0.15, -0.1) is 0 Å². The van der Waals surface area contributed by atoms with E-state index >= 15 is 0 Å². The predicted molar refractivity (Wildman–Crippen MR) is 70.3 cm³/mol. The number of aliphatic hydroxyl groups is 1. The number of aromatic nitrogens is 1. The summed E-state index contributed by atoms with van der Waals surface area (Å²) < 4.78 is 0. The molecular formula is C13H20N4O. The summed E-state index contributed by atoms with van der Waals surface area (Å²) in [5.74, 6) is 0.298. The lowest BCUT2D eigenvalue weighted by molar-refractivity contribution is 0.0319. The number of pyridine rings is 1. The van der Waals surface area contributed by atoms with Crippen LogP contribution in [0.4, 0.5) is 0 Å². The van der Waals surface area contributed by atoms with Crippen LogP contribution >= 0.6 is 0 Å². The van der Waals surface area contributed by atoms with Crippen molar-refractivity contribution in [1.82, 2.24) is 9.88 Å². The van der Waals surface area contributed by atoms with Crippen molar-refractivity contribution in [2.75, 3.05) is 13.1 Å². The molecule has 2 heterocycles. The Kier molecular flexibility index (Phi) is 3.93. The first kappa shape index (κ1) is 13.0. The van der Waals surface area contributed by atoms with Crippen molar-refractivity contribution >= 4 is 5.84 Å². The largest absolute Gasteiger partial charge is 0.393 e. The van der Waals surface area contributed by atoms with Gasteiger partial charge in [0.1, 0.15) is 11.5 Å². The molecule has 1 aliphatic rings. The van der Waals surface area contributed by atoms with E-state index in [1.54, 1.807) is 6.20 Å². The zero-order valence-electron chi connectivity index (χ0n) is 10.6. The molecule has 0 bridgehead atoms. The van der Waals surface area contributed by atoms with Crippen LogP contribution in [0.5, 0.6) is 0 Å². The topological polar surface area (TPSA) is 86.2 Å². The lowest BCUT2D eigenvalue weighted by atomic mass is 9.96. The molecule has 1 aliphatic heterocycles. The molecule has 2 atom stereocenters. The molecule has 1 fully saturated rings. The fourth-order valence-corrected chi connectivity index (χ4v) is 2.41. The van der Waals surface area contributed by atoms with Crippen LogP contribution in [-0.2, 0) is 6.54 Å². The lowest BCUT2D eigenvalue weighted by Crippen LogP contribution is -2.41. The molecule has 4 N–H and O–H groups in total. The first-order valence-electron chi connectivity index (χ1n) is 6.26. The number of hydrogen-bond acceptors (Lipinski definition) is 4. The number of nitrogens with zero attached hydrogens (tertiary/aromatic N) is 2. The molecule has 0 radical (unpaired) electrons. The number of rotatable bonds is 3. The minimum absolute atomic E-state index is 0.00990. The number of nitrogens with one attached hydrogen (secondary N) is 1. The summed E-state index contributed by atoms with van der Waals surface area (Å²) in [5, 5.41) is 17.2. The van der Waals surface area contributed by atoms with E-state index in [0.29, 0.717) is 5.69 Å². The van der Waals surface area contributed by atoms with Crippen molar-refractivity contribution < 1.29 is 5.11 Å². The van der Waals surface area contributed by atoms with Crippen molar-refractivity contribution in [2.45, 2.75) is 26.0 Å². The number of hydrogen-bond donors (Lipinski definition) is 3. The normalized spacial score (nSPS) is 25.0. The van der Waals surface area contributed by atoms with Gasteiger partial charge < -0.3 is 10.8 Å². The highest BCUT2D eigenvalue weighted by atomic mass is 16.3. The van der Waals surface area contributed by atoms with E-state index in [4.69, 9.17) is 11.1 Å². The zero-order chi connectivity index (χ0) is 13.1. The molecular weight excluding hydrogens is 228 g/mol. The highest BCUT2D eigenvalue weighted by Gasteiger charge is 2.24. The summed E-state index contributed by atoms with van der Waals surface area (Å²) in [7, 11) is 0. The van der Waals surface area contributed by atoms with E-state index < -0.39 is 0 Å². The highest BCUT2D eigenvalue weighted by Crippen LogP contribution is 2.19. The second-order valence-corrected chi connectivity index (χ2v) is 4.99. The minimum atomic E-state index is -0.192. The average molecular weight is 248 g/mol. The fourth-order valence-electron chi connectivity index (χ4n) is 2.41. The van der Waals surface area contributed by atoms with Gasteiger partial charge in [-0.25, -0.2) is 0 Å². The summed E-state index contributed by atoms with van der Waals surface area (Å²) in [6.07, 6.45) is 2.27. The summed E-state index contributed by atoms with van der Waals surface area (Å²) in [5.41, 5.74) is 7.08. The summed E-state index contributed by atoms with van der Waals surface area (Å²) in [6, 6.07) is 3.82. The van der Waals surface area contributed by atoms with E-state index in [0.717, 1.165) is 31.6 Å². The van der Waals surface area contributed by atoms with E-state index in [2.05, 4.69) is 16.8 Å². The number of likely N-dealkylation sites (tertiary alicyclic amines) is 1. The van der Waals surface area contributed by atoms with E-state index in [1.165, 1.54) is 0 Å². The predicted octanol–water partition coefficient (Wildman–Crippen LogP) is 0.568. The second kappa shape index (κ2) is 5.46. The molecule has 18 heavy (non-hydrogen) atoms. The van der Waals surface area contributed by atoms with Gasteiger partial charge in [0.25, 0.3) is 0 Å². The van der Waals surface area contributed by atoms with Crippen LogP contribution < -0.4 is 5.73 Å². The summed E-state index contributed by atoms with van der Waals surface area (Å²) >= 11 is 0. The van der Waals surface area contributed by atoms with Crippen LogP contribution in [-0.4, -0.2) is 40.0 Å². The Balaban J connectivity index is 2.08. The fraction of sp³-hybridized carbons (Fsp3) is 0.538. The SMILES string of the molecule is CC1CN(Cc2cccnc2C(=N)N)CCC1O. The van der Waals surface area contributed by atoms with Crippen molar-refractivity contribution in [3.63, 3.8) is 0 Å². The van der Waals surface area contributed by atoms with E-state index in [-0.39, 0.29) is 17.9 Å². The Morgan fingerprint density at radius 1 is 1.67 bits per heavy atom. The Labute approximate surface area is 107 Å². The van der Waals surface area contributed by atoms with Crippen molar-refractivity contribution in [2.24, 2.45) is 11.7 Å². The van der Waals surface area contributed by atoms with Crippen LogP contribution in [0.1, 0.15) is 24.6 Å². The van der Waals surface area contributed by atoms with Gasteiger partial charge in [0.2, 0.25) is 0 Å². The third-order valence-electron chi connectivity index (χ3n) is 3.48. The summed E-state index contributed by atoms with van der Waals surface area (Å²) in [4.78, 5) is 6.43. The third kappa shape index (κ3) is 2.86. The lowest BCUT2D eigenvalue weighted by Gasteiger charge is -2.34. The van der Waals surface area contributed by atoms with Gasteiger partial charge in [-0.1, -0.05) is 13.0 Å². The van der Waals surface area contributed by atoms with Gasteiger partial charge in [0.15, 0.2) is 0 Å². The first-order chi connectivity index (χ1) is 8.58. The van der Waals surface area contributed by atoms with E-state index in [1.807, 2.05) is 12.1 Å². The van der Waals surface area contributed by atoms with Crippen LogP contribution in [0.25, 0.3) is 0 Å². The van der Waals surface area contributed by atoms with Crippen LogP contribution in [0.2, 0.25) is 0 Å². The Hall–Kier alpha value is -1.46. The molecule has 0 saturated carbocycles. The quantitative estimate of drug-likeness (QED) is 0.539. The number of piperidine rings is 1. The molecule has 0 aliphatic carbocycles. The van der Waals surface area contributed by atoms with Crippen LogP contribution in [0.3, 0.4) is 0 Å². The molecule has 5 nitrogen and oxygen atoms in total. The molecule has 1 aromatic rings. The number of amidine groups is 1. The maximum absolute atomic E-state index is 9.71. The molecule has 1 saturated heterocycles. The van der Waals surface area contributed by atoms with E-state index in [9.17, 15) is 5.11 Å². The van der Waals surface area contributed by atoms with Gasteiger partial charge in [0, 0.05) is 25.8 Å². The summed E-state index contributed by atoms with van der Waals surface area (Å²) in [6.45, 7) is 4.54. The number of aliphatic hydroxyl groups excluding tert-OH is 1. The van der Waals surface area contributed by atoms with Crippen LogP contribution in [0, 0.1) is 11.3 Å². The monoisotopic (exact) mass is 248 g/mol. The highest BCUT2D eigenvalue weighted by molar-refractivity contribution is 5.94. The van der Waals surface area contributed by atoms with Gasteiger partial charge in [-0.2, -0.15) is 0 Å². The third-order valence-corrected chi connectivity index (χ3v) is 3.48. The molecule has 5 heteroatoms. The molecule has 2 rings (SSSR count). The molecule has 98 valence electrons. The van der Waals surface area contributed by atoms with Gasteiger partial charge >= 0.3 is 0 Å². The first-order valence-corrected chi connectivity index (χ1v) is 6.26. The molecule has 0 spiro atoms. The minimum Gasteiger partial charge on any atom is -0.393 e. The Bertz CT molecular complexity index is 435. The smallest absolute Gasteiger partial charge is 0.142 e. The molecule has 0 amide bonds. The zero-order valence-corrected chi connectivity index (χ0v) is 10.6.